The highest BCUT2D eigenvalue weighted by molar-refractivity contribution is 6.06. The molecule has 2 heterocycles. The van der Waals surface area contributed by atoms with Crippen LogP contribution in [-0.4, -0.2) is 6.04 Å². The molecule has 192 valence electrons. The average Bonchev–Trinajstić information content (AvgIpc) is 3.36. The van der Waals surface area contributed by atoms with Gasteiger partial charge >= 0.3 is 0 Å². The molecule has 1 unspecified atom stereocenters. The second kappa shape index (κ2) is 9.03. The molecule has 1 aromatic heterocycles. The SMILES string of the molecule is C=C1N(c2ccc3oc4ccccc4c3c2)c2ccccc2Cc2ccccc2N1C1C=c2ccccc2=CC1. The number of hydrogen-bond acceptors (Lipinski definition) is 3. The number of rotatable bonds is 2. The predicted octanol–water partition coefficient (Wildman–Crippen LogP) is 7.64. The van der Waals surface area contributed by atoms with Crippen LogP contribution in [-0.2, 0) is 6.42 Å². The van der Waals surface area contributed by atoms with Gasteiger partial charge in [0.05, 0.1) is 11.7 Å². The summed E-state index contributed by atoms with van der Waals surface area (Å²) >= 11 is 0. The largest absolute Gasteiger partial charge is 0.456 e. The first-order valence-electron chi connectivity index (χ1n) is 13.9. The van der Waals surface area contributed by atoms with Gasteiger partial charge in [-0.3, -0.25) is 4.90 Å². The first kappa shape index (κ1) is 22.9. The summed E-state index contributed by atoms with van der Waals surface area (Å²) < 4.78 is 6.17. The van der Waals surface area contributed by atoms with Gasteiger partial charge in [0.1, 0.15) is 17.0 Å². The summed E-state index contributed by atoms with van der Waals surface area (Å²) in [5.74, 6) is 0.931. The molecule has 2 aliphatic rings. The van der Waals surface area contributed by atoms with E-state index in [4.69, 9.17) is 11.0 Å². The van der Waals surface area contributed by atoms with E-state index in [1.54, 1.807) is 0 Å². The van der Waals surface area contributed by atoms with Gasteiger partial charge in [0, 0.05) is 28.6 Å². The maximum Gasteiger partial charge on any atom is 0.135 e. The molecule has 1 atom stereocenters. The molecule has 1 aliphatic carbocycles. The van der Waals surface area contributed by atoms with Crippen LogP contribution in [0.4, 0.5) is 17.1 Å². The van der Waals surface area contributed by atoms with Crippen LogP contribution in [0.1, 0.15) is 17.5 Å². The fourth-order valence-electron chi connectivity index (χ4n) is 6.43. The topological polar surface area (TPSA) is 19.6 Å². The normalized spacial score (nSPS) is 16.4. The lowest BCUT2D eigenvalue weighted by Gasteiger charge is -2.42. The maximum atomic E-state index is 6.17. The predicted molar refractivity (Wildman–Crippen MR) is 166 cm³/mol. The van der Waals surface area contributed by atoms with Gasteiger partial charge < -0.3 is 9.32 Å². The first-order chi connectivity index (χ1) is 19.7. The lowest BCUT2D eigenvalue weighted by atomic mass is 9.95. The van der Waals surface area contributed by atoms with Crippen molar-refractivity contribution in [3.63, 3.8) is 0 Å². The van der Waals surface area contributed by atoms with E-state index in [0.29, 0.717) is 0 Å². The quantitative estimate of drug-likeness (QED) is 0.236. The van der Waals surface area contributed by atoms with Crippen LogP contribution in [0.5, 0.6) is 0 Å². The molecule has 0 amide bonds. The smallest absolute Gasteiger partial charge is 0.135 e. The Morgan fingerprint density at radius 3 is 2.20 bits per heavy atom. The highest BCUT2D eigenvalue weighted by Gasteiger charge is 2.30. The van der Waals surface area contributed by atoms with E-state index in [2.05, 4.69) is 125 Å². The van der Waals surface area contributed by atoms with Gasteiger partial charge in [-0.25, -0.2) is 0 Å². The molecule has 0 N–H and O–H groups in total. The molecule has 6 aromatic rings. The Hall–Kier alpha value is -5.02. The highest BCUT2D eigenvalue weighted by atomic mass is 16.3. The van der Waals surface area contributed by atoms with Gasteiger partial charge in [-0.15, -0.1) is 0 Å². The third-order valence-corrected chi connectivity index (χ3v) is 8.30. The van der Waals surface area contributed by atoms with E-state index >= 15 is 0 Å². The molecule has 0 saturated carbocycles. The second-order valence-electron chi connectivity index (χ2n) is 10.6. The minimum Gasteiger partial charge on any atom is -0.456 e. The maximum absolute atomic E-state index is 6.17. The summed E-state index contributed by atoms with van der Waals surface area (Å²) in [6.45, 7) is 4.81. The molecule has 8 rings (SSSR count). The van der Waals surface area contributed by atoms with E-state index in [9.17, 15) is 0 Å². The monoisotopic (exact) mass is 516 g/mol. The zero-order chi connectivity index (χ0) is 26.6. The Morgan fingerprint density at radius 1 is 0.650 bits per heavy atom. The minimum atomic E-state index is 0.134. The van der Waals surface area contributed by atoms with Gasteiger partial charge in [-0.05, 0) is 64.4 Å². The Morgan fingerprint density at radius 2 is 1.32 bits per heavy atom. The van der Waals surface area contributed by atoms with Crippen LogP contribution in [0.3, 0.4) is 0 Å². The molecule has 0 saturated heterocycles. The number of furan rings is 1. The lowest BCUT2D eigenvalue weighted by molar-refractivity contribution is 0.669. The van der Waals surface area contributed by atoms with Crippen LogP contribution >= 0.6 is 0 Å². The van der Waals surface area contributed by atoms with Crippen molar-refractivity contribution in [2.75, 3.05) is 9.80 Å². The number of nitrogens with zero attached hydrogens (tertiary/aromatic N) is 2. The van der Waals surface area contributed by atoms with Gasteiger partial charge in [0.15, 0.2) is 0 Å². The fourth-order valence-corrected chi connectivity index (χ4v) is 6.43. The van der Waals surface area contributed by atoms with E-state index in [1.165, 1.54) is 27.3 Å². The lowest BCUT2D eigenvalue weighted by Crippen LogP contribution is -2.44. The van der Waals surface area contributed by atoms with Crippen molar-refractivity contribution < 1.29 is 4.42 Å². The second-order valence-corrected chi connectivity index (χ2v) is 10.6. The average molecular weight is 517 g/mol. The van der Waals surface area contributed by atoms with Gasteiger partial charge in [-0.1, -0.05) is 97.6 Å². The number of benzene rings is 5. The Kier molecular flexibility index (Phi) is 5.17. The van der Waals surface area contributed by atoms with Crippen LogP contribution in [0.15, 0.2) is 132 Å². The third-order valence-electron chi connectivity index (χ3n) is 8.30. The molecule has 1 aliphatic heterocycles. The molecule has 0 radical (unpaired) electrons. The summed E-state index contributed by atoms with van der Waals surface area (Å²) in [5.41, 5.74) is 7.81. The number of fused-ring (bicyclic) bond motifs is 6. The van der Waals surface area contributed by atoms with Gasteiger partial charge in [-0.2, -0.15) is 0 Å². The van der Waals surface area contributed by atoms with Crippen LogP contribution in [0.2, 0.25) is 0 Å². The molecular weight excluding hydrogens is 488 g/mol. The number of anilines is 3. The van der Waals surface area contributed by atoms with Gasteiger partial charge in [0.25, 0.3) is 0 Å². The molecular formula is C37H28N2O. The fraction of sp³-hybridized carbons (Fsp3) is 0.0811. The molecule has 5 aromatic carbocycles. The van der Waals surface area contributed by atoms with Crippen molar-refractivity contribution in [3.8, 4) is 0 Å². The van der Waals surface area contributed by atoms with Crippen LogP contribution in [0, 0.1) is 0 Å². The summed E-state index contributed by atoms with van der Waals surface area (Å²) in [4.78, 5) is 4.77. The molecule has 0 spiro atoms. The zero-order valence-corrected chi connectivity index (χ0v) is 22.1. The van der Waals surface area contributed by atoms with E-state index in [1.807, 2.05) is 12.1 Å². The molecule has 0 fully saturated rings. The van der Waals surface area contributed by atoms with Crippen molar-refractivity contribution >= 4 is 51.2 Å². The Balaban J connectivity index is 1.36. The van der Waals surface area contributed by atoms with Crippen molar-refractivity contribution in [1.82, 2.24) is 0 Å². The summed E-state index contributed by atoms with van der Waals surface area (Å²) in [6.07, 6.45) is 6.51. The highest BCUT2D eigenvalue weighted by Crippen LogP contribution is 2.43. The molecule has 3 nitrogen and oxygen atoms in total. The van der Waals surface area contributed by atoms with Crippen molar-refractivity contribution in [3.05, 3.63) is 149 Å². The summed E-state index contributed by atoms with van der Waals surface area (Å²) in [6, 6.07) is 41.0. The van der Waals surface area contributed by atoms with Crippen molar-refractivity contribution in [1.29, 1.82) is 0 Å². The molecule has 3 heteroatoms. The standard InChI is InChI=1S/C37H28N2O/c1-25-38(30-19-18-26-10-2-3-11-27(26)23-30)34-15-7-4-12-28(34)22-29-13-5-8-16-35(29)39(25)31-20-21-37-33(24-31)32-14-6-9-17-36(32)40-37/h2-18,20-21,23-24,30H,1,19,22H2. The number of para-hydroxylation sites is 3. The van der Waals surface area contributed by atoms with E-state index < -0.39 is 0 Å². The van der Waals surface area contributed by atoms with Crippen molar-refractivity contribution in [2.24, 2.45) is 0 Å². The summed E-state index contributed by atoms with van der Waals surface area (Å²) in [7, 11) is 0. The van der Waals surface area contributed by atoms with E-state index in [-0.39, 0.29) is 6.04 Å². The molecule has 0 bridgehead atoms. The zero-order valence-electron chi connectivity index (χ0n) is 22.1. The minimum absolute atomic E-state index is 0.134. The molecule has 40 heavy (non-hydrogen) atoms. The first-order valence-corrected chi connectivity index (χ1v) is 13.9. The third kappa shape index (κ3) is 3.59. The van der Waals surface area contributed by atoms with Crippen LogP contribution < -0.4 is 20.2 Å². The Bertz CT molecular complexity index is 2070. The van der Waals surface area contributed by atoms with Crippen LogP contribution in [0.25, 0.3) is 34.1 Å². The van der Waals surface area contributed by atoms with Crippen molar-refractivity contribution in [2.45, 2.75) is 18.9 Å². The van der Waals surface area contributed by atoms with E-state index in [0.717, 1.165) is 52.0 Å². The number of hydrogen-bond donors (Lipinski definition) is 0. The Labute approximate surface area is 233 Å². The van der Waals surface area contributed by atoms with Gasteiger partial charge in [0.2, 0.25) is 0 Å². The summed E-state index contributed by atoms with van der Waals surface area (Å²) in [5, 5.41) is 4.80.